The minimum atomic E-state index is -1.20. The normalized spacial score (nSPS) is 16.6. The van der Waals surface area contributed by atoms with Crippen LogP contribution in [0.3, 0.4) is 0 Å². The molecule has 0 fully saturated rings. The van der Waals surface area contributed by atoms with Gasteiger partial charge in [0.25, 0.3) is 0 Å². The molecule has 0 spiro atoms. The number of aldehydes is 2. The van der Waals surface area contributed by atoms with Crippen LogP contribution in [0.2, 0.25) is 0 Å². The van der Waals surface area contributed by atoms with E-state index in [-0.39, 0.29) is 18.4 Å². The van der Waals surface area contributed by atoms with Crippen LogP contribution in [0.4, 0.5) is 0 Å². The highest BCUT2D eigenvalue weighted by molar-refractivity contribution is 5.56. The zero-order chi connectivity index (χ0) is 14.1. The average Bonchev–Trinajstić information content (AvgIpc) is 2.26. The highest BCUT2D eigenvalue weighted by Gasteiger charge is 2.25. The first-order chi connectivity index (χ1) is 8.40. The van der Waals surface area contributed by atoms with E-state index in [1.165, 1.54) is 0 Å². The molecule has 3 unspecified atom stereocenters. The second-order valence-corrected chi connectivity index (χ2v) is 4.95. The molecule has 0 aromatic carbocycles. The fraction of sp³-hybridized carbons (Fsp3) is 0.846. The summed E-state index contributed by atoms with van der Waals surface area (Å²) in [5.74, 6) is 0.264. The third kappa shape index (κ3) is 7.53. The lowest BCUT2D eigenvalue weighted by molar-refractivity contribution is -0.207. The van der Waals surface area contributed by atoms with Crippen molar-refractivity contribution in [3.63, 3.8) is 0 Å². The third-order valence-electron chi connectivity index (χ3n) is 2.26. The second-order valence-electron chi connectivity index (χ2n) is 4.95. The van der Waals surface area contributed by atoms with E-state index < -0.39 is 18.5 Å². The average molecular weight is 260 g/mol. The van der Waals surface area contributed by atoms with Gasteiger partial charge in [0.1, 0.15) is 12.4 Å². The lowest BCUT2D eigenvalue weighted by Gasteiger charge is -2.27. The second kappa shape index (κ2) is 9.19. The Kier molecular flexibility index (Phi) is 8.79. The summed E-state index contributed by atoms with van der Waals surface area (Å²) >= 11 is 0. The molecule has 0 aliphatic rings. The molecule has 106 valence electrons. The van der Waals surface area contributed by atoms with E-state index in [4.69, 9.17) is 9.47 Å². The Morgan fingerprint density at radius 2 is 1.72 bits per heavy atom. The minimum Gasteiger partial charge on any atom is -0.383 e. The third-order valence-corrected chi connectivity index (χ3v) is 2.26. The van der Waals surface area contributed by atoms with Crippen LogP contribution in [0.15, 0.2) is 0 Å². The van der Waals surface area contributed by atoms with Gasteiger partial charge < -0.3 is 24.2 Å². The molecule has 0 heterocycles. The molecule has 18 heavy (non-hydrogen) atoms. The highest BCUT2D eigenvalue weighted by Crippen LogP contribution is 2.16. The van der Waals surface area contributed by atoms with Gasteiger partial charge in [0.15, 0.2) is 12.6 Å². The van der Waals surface area contributed by atoms with Crippen LogP contribution in [0.1, 0.15) is 40.5 Å². The summed E-state index contributed by atoms with van der Waals surface area (Å²) in [6.07, 6.45) is -0.908. The summed E-state index contributed by atoms with van der Waals surface area (Å²) in [4.78, 5) is 21.2. The van der Waals surface area contributed by atoms with Crippen LogP contribution in [0.25, 0.3) is 0 Å². The summed E-state index contributed by atoms with van der Waals surface area (Å²) in [5.41, 5.74) is 0. The van der Waals surface area contributed by atoms with Crippen molar-refractivity contribution in [3.8, 4) is 0 Å². The molecule has 0 saturated carbocycles. The standard InChI is InChI=1S/C13H24O5/c1-9(2)7-12(11(16)8-15)18-13(5-6-14)17-10(3)4/h6,8-13,16H,5,7H2,1-4H3. The predicted molar refractivity (Wildman–Crippen MR) is 67.1 cm³/mol. The monoisotopic (exact) mass is 260 g/mol. The van der Waals surface area contributed by atoms with E-state index >= 15 is 0 Å². The predicted octanol–water partition coefficient (Wildman–Crippen LogP) is 1.32. The van der Waals surface area contributed by atoms with Gasteiger partial charge in [-0.05, 0) is 26.2 Å². The van der Waals surface area contributed by atoms with E-state index in [0.717, 1.165) is 0 Å². The van der Waals surface area contributed by atoms with Crippen molar-refractivity contribution in [1.29, 1.82) is 0 Å². The van der Waals surface area contributed by atoms with Crippen molar-refractivity contribution >= 4 is 12.6 Å². The number of aliphatic hydroxyl groups excluding tert-OH is 1. The molecule has 0 aromatic heterocycles. The Morgan fingerprint density at radius 3 is 2.11 bits per heavy atom. The van der Waals surface area contributed by atoms with Crippen LogP contribution < -0.4 is 0 Å². The quantitative estimate of drug-likeness (QED) is 0.473. The molecule has 0 amide bonds. The van der Waals surface area contributed by atoms with E-state index in [1.54, 1.807) is 0 Å². The maximum Gasteiger partial charge on any atom is 0.165 e. The fourth-order valence-corrected chi connectivity index (χ4v) is 1.55. The molecule has 0 aliphatic heterocycles. The Hall–Kier alpha value is -0.780. The summed E-state index contributed by atoms with van der Waals surface area (Å²) in [7, 11) is 0. The highest BCUT2D eigenvalue weighted by atomic mass is 16.7. The zero-order valence-electron chi connectivity index (χ0n) is 11.5. The lowest BCUT2D eigenvalue weighted by Crippen LogP contribution is -2.37. The molecule has 0 bridgehead atoms. The first-order valence-electron chi connectivity index (χ1n) is 6.28. The fourth-order valence-electron chi connectivity index (χ4n) is 1.55. The molecular formula is C13H24O5. The number of hydrogen-bond donors (Lipinski definition) is 1. The van der Waals surface area contributed by atoms with Crippen molar-refractivity contribution in [2.24, 2.45) is 5.92 Å². The van der Waals surface area contributed by atoms with Crippen LogP contribution in [-0.4, -0.2) is 42.3 Å². The van der Waals surface area contributed by atoms with Gasteiger partial charge in [0.2, 0.25) is 0 Å². The van der Waals surface area contributed by atoms with E-state index in [1.807, 2.05) is 27.7 Å². The topological polar surface area (TPSA) is 72.8 Å². The Morgan fingerprint density at radius 1 is 1.11 bits per heavy atom. The number of ether oxygens (including phenoxy) is 2. The SMILES string of the molecule is CC(C)CC(OC(CC=O)OC(C)C)C(O)C=O. The van der Waals surface area contributed by atoms with E-state index in [0.29, 0.717) is 19.0 Å². The Balaban J connectivity index is 4.56. The van der Waals surface area contributed by atoms with E-state index in [2.05, 4.69) is 0 Å². The largest absolute Gasteiger partial charge is 0.383 e. The van der Waals surface area contributed by atoms with Crippen molar-refractivity contribution in [2.75, 3.05) is 0 Å². The summed E-state index contributed by atoms with van der Waals surface area (Å²) in [6.45, 7) is 7.58. The zero-order valence-corrected chi connectivity index (χ0v) is 11.5. The van der Waals surface area contributed by atoms with Gasteiger partial charge in [-0.25, -0.2) is 0 Å². The molecule has 5 nitrogen and oxygen atoms in total. The first kappa shape index (κ1) is 17.2. The van der Waals surface area contributed by atoms with Crippen molar-refractivity contribution in [3.05, 3.63) is 0 Å². The number of carbonyl (C=O) groups excluding carboxylic acids is 2. The summed E-state index contributed by atoms with van der Waals surface area (Å²) in [5, 5.41) is 9.58. The van der Waals surface area contributed by atoms with Crippen LogP contribution >= 0.6 is 0 Å². The molecular weight excluding hydrogens is 236 g/mol. The Bertz CT molecular complexity index is 240. The minimum absolute atomic E-state index is 0.0817. The van der Waals surface area contributed by atoms with Crippen molar-refractivity contribution in [1.82, 2.24) is 0 Å². The molecule has 0 aliphatic carbocycles. The number of aliphatic hydroxyl groups is 1. The van der Waals surface area contributed by atoms with Crippen molar-refractivity contribution < 1.29 is 24.2 Å². The number of carbonyl (C=O) groups is 2. The molecule has 0 saturated heterocycles. The molecule has 5 heteroatoms. The smallest absolute Gasteiger partial charge is 0.165 e. The van der Waals surface area contributed by atoms with E-state index in [9.17, 15) is 14.7 Å². The maximum absolute atomic E-state index is 10.6. The van der Waals surface area contributed by atoms with Crippen LogP contribution in [0, 0.1) is 5.92 Å². The summed E-state index contributed by atoms with van der Waals surface area (Å²) < 4.78 is 10.9. The molecule has 0 aromatic rings. The summed E-state index contributed by atoms with van der Waals surface area (Å²) in [6, 6.07) is 0. The first-order valence-corrected chi connectivity index (χ1v) is 6.28. The van der Waals surface area contributed by atoms with Gasteiger partial charge >= 0.3 is 0 Å². The molecule has 0 rings (SSSR count). The number of hydrogen-bond acceptors (Lipinski definition) is 5. The molecule has 0 radical (unpaired) electrons. The maximum atomic E-state index is 10.6. The van der Waals surface area contributed by atoms with Gasteiger partial charge in [-0.3, -0.25) is 0 Å². The van der Waals surface area contributed by atoms with Crippen LogP contribution in [-0.2, 0) is 19.1 Å². The van der Waals surface area contributed by atoms with Gasteiger partial charge in [-0.2, -0.15) is 0 Å². The van der Waals surface area contributed by atoms with Gasteiger partial charge in [-0.15, -0.1) is 0 Å². The Labute approximate surface area is 108 Å². The van der Waals surface area contributed by atoms with Gasteiger partial charge in [0.05, 0.1) is 18.6 Å². The van der Waals surface area contributed by atoms with Crippen molar-refractivity contribution in [2.45, 2.75) is 65.1 Å². The lowest BCUT2D eigenvalue weighted by atomic mass is 10.0. The van der Waals surface area contributed by atoms with Gasteiger partial charge in [0, 0.05) is 0 Å². The van der Waals surface area contributed by atoms with Gasteiger partial charge in [-0.1, -0.05) is 13.8 Å². The molecule has 3 atom stereocenters. The number of rotatable bonds is 10. The van der Waals surface area contributed by atoms with Crippen LogP contribution in [0.5, 0.6) is 0 Å². The molecule has 1 N–H and O–H groups in total.